The number of nitrogens with one attached hydrogen (secondary N) is 2. The SMILES string of the molecule is Cc1[nH]c(/C=C2\C(=O)Nc3ccc(S(=O)(=O)N4CCc5cc(F)ccc54)cc32)c(C)c1C(=O)N1CCN(C)CC1. The summed E-state index contributed by atoms with van der Waals surface area (Å²) in [7, 11) is -1.92. The van der Waals surface area contributed by atoms with Gasteiger partial charge in [0.25, 0.3) is 21.8 Å². The maximum Gasteiger partial charge on any atom is 0.264 e. The summed E-state index contributed by atoms with van der Waals surface area (Å²) in [5, 5.41) is 2.81. The van der Waals surface area contributed by atoms with Gasteiger partial charge in [0, 0.05) is 55.4 Å². The second-order valence-electron chi connectivity index (χ2n) is 10.6. The summed E-state index contributed by atoms with van der Waals surface area (Å²) in [6, 6.07) is 8.64. The average molecular weight is 564 g/mol. The van der Waals surface area contributed by atoms with Crippen LogP contribution in [0.1, 0.15) is 38.4 Å². The molecule has 3 aromatic rings. The maximum atomic E-state index is 13.7. The Bertz CT molecular complexity index is 1700. The molecule has 0 unspecified atom stereocenters. The molecule has 0 bridgehead atoms. The molecule has 0 radical (unpaired) electrons. The van der Waals surface area contributed by atoms with E-state index in [0.29, 0.717) is 64.5 Å². The summed E-state index contributed by atoms with van der Waals surface area (Å²) in [6.45, 7) is 6.83. The highest BCUT2D eigenvalue weighted by Gasteiger charge is 2.34. The van der Waals surface area contributed by atoms with Crippen LogP contribution in [-0.4, -0.2) is 74.8 Å². The van der Waals surface area contributed by atoms with Crippen molar-refractivity contribution in [3.8, 4) is 0 Å². The molecular formula is C29H30FN5O4S. The molecule has 3 aliphatic rings. The summed E-state index contributed by atoms with van der Waals surface area (Å²) >= 11 is 0. The number of hydrogen-bond acceptors (Lipinski definition) is 5. The topological polar surface area (TPSA) is 106 Å². The molecule has 0 saturated carbocycles. The first-order valence-corrected chi connectivity index (χ1v) is 14.6. The van der Waals surface area contributed by atoms with E-state index in [1.807, 2.05) is 25.8 Å². The lowest BCUT2D eigenvalue weighted by atomic mass is 10.0. The number of fused-ring (bicyclic) bond motifs is 2. The van der Waals surface area contributed by atoms with Crippen LogP contribution in [0.25, 0.3) is 11.6 Å². The van der Waals surface area contributed by atoms with Gasteiger partial charge in [0.05, 0.1) is 21.7 Å². The highest BCUT2D eigenvalue weighted by molar-refractivity contribution is 7.92. The number of amides is 2. The normalized spacial score (nSPS) is 18.3. The van der Waals surface area contributed by atoms with Gasteiger partial charge < -0.3 is 20.1 Å². The van der Waals surface area contributed by atoms with Crippen molar-refractivity contribution in [3.05, 3.63) is 75.9 Å². The van der Waals surface area contributed by atoms with Gasteiger partial charge in [-0.2, -0.15) is 0 Å². The van der Waals surface area contributed by atoms with Crippen molar-refractivity contribution in [3.63, 3.8) is 0 Å². The zero-order valence-electron chi connectivity index (χ0n) is 22.5. The van der Waals surface area contributed by atoms with Crippen molar-refractivity contribution >= 4 is 44.9 Å². The van der Waals surface area contributed by atoms with Crippen molar-refractivity contribution in [2.45, 2.75) is 25.2 Å². The molecule has 4 heterocycles. The first kappa shape index (κ1) is 26.3. The minimum atomic E-state index is -3.96. The molecule has 9 nitrogen and oxygen atoms in total. The molecule has 6 rings (SSSR count). The number of aryl methyl sites for hydroxylation is 1. The highest BCUT2D eigenvalue weighted by Crippen LogP contribution is 2.38. The van der Waals surface area contributed by atoms with Gasteiger partial charge in [-0.3, -0.25) is 13.9 Å². The predicted octanol–water partition coefficient (Wildman–Crippen LogP) is 3.40. The number of piperazine rings is 1. The molecule has 2 N–H and O–H groups in total. The van der Waals surface area contributed by atoms with E-state index in [0.717, 1.165) is 18.7 Å². The van der Waals surface area contributed by atoms with E-state index in [-0.39, 0.29) is 23.3 Å². The Balaban J connectivity index is 1.34. The minimum absolute atomic E-state index is 0.0381. The van der Waals surface area contributed by atoms with Crippen LogP contribution in [0.5, 0.6) is 0 Å². The van der Waals surface area contributed by atoms with E-state index in [1.165, 1.54) is 34.6 Å². The van der Waals surface area contributed by atoms with Crippen LogP contribution < -0.4 is 9.62 Å². The van der Waals surface area contributed by atoms with Crippen molar-refractivity contribution in [1.29, 1.82) is 0 Å². The van der Waals surface area contributed by atoms with Crippen molar-refractivity contribution in [2.24, 2.45) is 0 Å². The third kappa shape index (κ3) is 4.29. The third-order valence-electron chi connectivity index (χ3n) is 8.03. The third-order valence-corrected chi connectivity index (χ3v) is 9.83. The Hall–Kier alpha value is -3.96. The second-order valence-corrected chi connectivity index (χ2v) is 12.4. The van der Waals surface area contributed by atoms with Crippen LogP contribution in [0.15, 0.2) is 41.3 Å². The molecule has 0 aliphatic carbocycles. The van der Waals surface area contributed by atoms with E-state index in [9.17, 15) is 22.4 Å². The maximum absolute atomic E-state index is 13.7. The number of H-pyrrole nitrogens is 1. The van der Waals surface area contributed by atoms with Gasteiger partial charge in [-0.25, -0.2) is 12.8 Å². The van der Waals surface area contributed by atoms with E-state index < -0.39 is 15.8 Å². The lowest BCUT2D eigenvalue weighted by Gasteiger charge is -2.32. The van der Waals surface area contributed by atoms with Gasteiger partial charge in [-0.15, -0.1) is 0 Å². The zero-order valence-corrected chi connectivity index (χ0v) is 23.4. The Labute approximate surface area is 232 Å². The van der Waals surface area contributed by atoms with Crippen molar-refractivity contribution < 1.29 is 22.4 Å². The van der Waals surface area contributed by atoms with Crippen LogP contribution in [0, 0.1) is 19.7 Å². The quantitative estimate of drug-likeness (QED) is 0.474. The fourth-order valence-corrected chi connectivity index (χ4v) is 7.27. The van der Waals surface area contributed by atoms with Crippen LogP contribution in [0.3, 0.4) is 0 Å². The Morgan fingerprint density at radius 1 is 1.02 bits per heavy atom. The van der Waals surface area contributed by atoms with Crippen LogP contribution in [0.2, 0.25) is 0 Å². The highest BCUT2D eigenvalue weighted by atomic mass is 32.2. The van der Waals surface area contributed by atoms with Crippen LogP contribution in [-0.2, 0) is 21.2 Å². The molecule has 1 saturated heterocycles. The summed E-state index contributed by atoms with van der Waals surface area (Å²) in [4.78, 5) is 33.7. The Morgan fingerprint density at radius 3 is 2.52 bits per heavy atom. The summed E-state index contributed by atoms with van der Waals surface area (Å²) in [5.41, 5.74) is 5.04. The molecular weight excluding hydrogens is 533 g/mol. The van der Waals surface area contributed by atoms with Gasteiger partial charge >= 0.3 is 0 Å². The van der Waals surface area contributed by atoms with Crippen molar-refractivity contribution in [2.75, 3.05) is 49.4 Å². The molecule has 0 spiro atoms. The second kappa shape index (κ2) is 9.60. The fraction of sp³-hybridized carbons (Fsp3) is 0.310. The minimum Gasteiger partial charge on any atom is -0.358 e. The number of aromatic amines is 1. The average Bonchev–Trinajstić information content (AvgIpc) is 3.57. The predicted molar refractivity (Wildman–Crippen MR) is 151 cm³/mol. The van der Waals surface area contributed by atoms with E-state index in [1.54, 1.807) is 12.1 Å². The van der Waals surface area contributed by atoms with E-state index >= 15 is 0 Å². The molecule has 2 aromatic carbocycles. The number of hydrogen-bond donors (Lipinski definition) is 2. The number of aromatic nitrogens is 1. The van der Waals surface area contributed by atoms with Crippen LogP contribution >= 0.6 is 0 Å². The Kier molecular flexibility index (Phi) is 6.30. The molecule has 2 amide bonds. The number of halogens is 1. The molecule has 11 heteroatoms. The molecule has 208 valence electrons. The molecule has 0 atom stereocenters. The number of carbonyl (C=O) groups excluding carboxylic acids is 2. The summed E-state index contributed by atoms with van der Waals surface area (Å²) < 4.78 is 42.2. The smallest absolute Gasteiger partial charge is 0.264 e. The summed E-state index contributed by atoms with van der Waals surface area (Å²) in [5.74, 6) is -0.803. The number of sulfonamides is 1. The van der Waals surface area contributed by atoms with Gasteiger partial charge in [0.2, 0.25) is 0 Å². The molecule has 3 aliphatic heterocycles. The number of anilines is 2. The van der Waals surface area contributed by atoms with Crippen LogP contribution in [0.4, 0.5) is 15.8 Å². The first-order valence-electron chi connectivity index (χ1n) is 13.2. The van der Waals surface area contributed by atoms with Gasteiger partial charge in [0.15, 0.2) is 0 Å². The number of rotatable bonds is 4. The fourth-order valence-electron chi connectivity index (χ4n) is 5.74. The van der Waals surface area contributed by atoms with E-state index in [2.05, 4.69) is 15.2 Å². The number of carbonyl (C=O) groups is 2. The lowest BCUT2D eigenvalue weighted by Crippen LogP contribution is -2.47. The summed E-state index contributed by atoms with van der Waals surface area (Å²) in [6.07, 6.45) is 2.09. The molecule has 1 aromatic heterocycles. The monoisotopic (exact) mass is 563 g/mol. The Morgan fingerprint density at radius 2 is 1.77 bits per heavy atom. The number of likely N-dealkylation sites (N-methyl/N-ethyl adjacent to an activating group) is 1. The number of nitrogens with zero attached hydrogens (tertiary/aromatic N) is 3. The van der Waals surface area contributed by atoms with Gasteiger partial charge in [-0.05, 0) is 80.9 Å². The number of benzene rings is 2. The standard InChI is InChI=1S/C29H30FN5O4S/c1-17-25(31-18(2)27(17)29(37)34-12-10-33(3)11-13-34)16-23-22-15-21(5-6-24(22)32-28(23)36)40(38,39)35-9-8-19-14-20(30)4-7-26(19)35/h4-7,14-16,31H,8-13H2,1-3H3,(H,32,36)/b23-16-. The van der Waals surface area contributed by atoms with E-state index in [4.69, 9.17) is 0 Å². The largest absolute Gasteiger partial charge is 0.358 e. The molecule has 40 heavy (non-hydrogen) atoms. The van der Waals surface area contributed by atoms with Gasteiger partial charge in [0.1, 0.15) is 5.82 Å². The van der Waals surface area contributed by atoms with Crippen molar-refractivity contribution in [1.82, 2.24) is 14.8 Å². The lowest BCUT2D eigenvalue weighted by molar-refractivity contribution is -0.110. The first-order chi connectivity index (χ1) is 19.0. The molecule has 1 fully saturated rings. The zero-order chi connectivity index (χ0) is 28.3. The van der Waals surface area contributed by atoms with Gasteiger partial charge in [-0.1, -0.05) is 0 Å².